The maximum atomic E-state index is 12.3. The highest BCUT2D eigenvalue weighted by molar-refractivity contribution is 5.97. The number of hydrogen-bond donors (Lipinski definition) is 0. The average molecular weight is 318 g/mol. The fourth-order valence-electron chi connectivity index (χ4n) is 2.46. The van der Waals surface area contributed by atoms with Crippen molar-refractivity contribution in [3.63, 3.8) is 0 Å². The molecule has 0 aliphatic heterocycles. The third kappa shape index (κ3) is 3.49. The molecule has 120 valence electrons. The Morgan fingerprint density at radius 2 is 1.71 bits per heavy atom. The third-order valence-corrected chi connectivity index (χ3v) is 3.82. The Balaban J connectivity index is 1.77. The monoisotopic (exact) mass is 318 g/mol. The number of benzene rings is 2. The van der Waals surface area contributed by atoms with E-state index in [2.05, 4.69) is 10.2 Å². The van der Waals surface area contributed by atoms with Gasteiger partial charge in [0.2, 0.25) is 0 Å². The molecular weight excluding hydrogens is 300 g/mol. The number of rotatable bonds is 5. The minimum Gasteiger partial charge on any atom is -0.496 e. The van der Waals surface area contributed by atoms with Crippen molar-refractivity contribution in [3.05, 3.63) is 77.5 Å². The molecule has 0 spiro atoms. The van der Waals surface area contributed by atoms with Crippen LogP contribution in [0.5, 0.6) is 5.75 Å². The Hall–Kier alpha value is -3.01. The summed E-state index contributed by atoms with van der Waals surface area (Å²) < 4.78 is 5.34. The fraction of sp³-hybridized carbons (Fsp3) is 0.150. The first kappa shape index (κ1) is 15.9. The highest BCUT2D eigenvalue weighted by Gasteiger charge is 2.10. The standard InChI is InChI=1S/C20H18N2O2/c1-14-7-9-15(10-8-14)19(23)13-16-11-12-18(22-21-16)17-5-3-4-6-20(17)24-2/h3-12H,13H2,1-2H3. The predicted molar refractivity (Wildman–Crippen MR) is 93.2 cm³/mol. The Labute approximate surface area is 141 Å². The molecule has 0 atom stereocenters. The highest BCUT2D eigenvalue weighted by Crippen LogP contribution is 2.27. The van der Waals surface area contributed by atoms with E-state index in [1.54, 1.807) is 7.11 Å². The van der Waals surface area contributed by atoms with Crippen molar-refractivity contribution in [2.45, 2.75) is 13.3 Å². The maximum absolute atomic E-state index is 12.3. The minimum atomic E-state index is 0.0364. The lowest BCUT2D eigenvalue weighted by molar-refractivity contribution is 0.0991. The smallest absolute Gasteiger partial charge is 0.168 e. The molecule has 0 unspecified atom stereocenters. The van der Waals surface area contributed by atoms with E-state index in [0.717, 1.165) is 22.6 Å². The molecule has 1 aromatic heterocycles. The topological polar surface area (TPSA) is 52.1 Å². The number of carbonyl (C=O) groups excluding carboxylic acids is 1. The van der Waals surface area contributed by atoms with Gasteiger partial charge in [-0.05, 0) is 31.2 Å². The van der Waals surface area contributed by atoms with Crippen LogP contribution < -0.4 is 4.74 Å². The van der Waals surface area contributed by atoms with Crippen molar-refractivity contribution in [3.8, 4) is 17.0 Å². The molecule has 0 radical (unpaired) electrons. The lowest BCUT2D eigenvalue weighted by Crippen LogP contribution is -2.06. The van der Waals surface area contributed by atoms with E-state index >= 15 is 0 Å². The van der Waals surface area contributed by atoms with Gasteiger partial charge in [0.15, 0.2) is 5.78 Å². The molecule has 0 N–H and O–H groups in total. The Morgan fingerprint density at radius 3 is 2.38 bits per heavy atom. The number of aryl methyl sites for hydroxylation is 1. The molecular formula is C20H18N2O2. The Bertz CT molecular complexity index is 840. The summed E-state index contributed by atoms with van der Waals surface area (Å²) >= 11 is 0. The molecule has 0 aliphatic rings. The van der Waals surface area contributed by atoms with Crippen LogP contribution in [0.15, 0.2) is 60.7 Å². The number of hydrogen-bond acceptors (Lipinski definition) is 4. The summed E-state index contributed by atoms with van der Waals surface area (Å²) in [5.74, 6) is 0.782. The number of ketones is 1. The lowest BCUT2D eigenvalue weighted by Gasteiger charge is -2.07. The molecule has 0 saturated heterocycles. The van der Waals surface area contributed by atoms with Gasteiger partial charge in [-0.1, -0.05) is 42.0 Å². The van der Waals surface area contributed by atoms with Crippen LogP contribution in [0.1, 0.15) is 21.6 Å². The number of ether oxygens (including phenoxy) is 1. The van der Waals surface area contributed by atoms with Gasteiger partial charge < -0.3 is 4.74 Å². The van der Waals surface area contributed by atoms with E-state index < -0.39 is 0 Å². The average Bonchev–Trinajstić information content (AvgIpc) is 2.63. The summed E-state index contributed by atoms with van der Waals surface area (Å²) in [5.41, 5.74) is 4.07. The van der Waals surface area contributed by atoms with Crippen LogP contribution in [0.2, 0.25) is 0 Å². The second-order valence-electron chi connectivity index (χ2n) is 5.58. The van der Waals surface area contributed by atoms with Crippen LogP contribution >= 0.6 is 0 Å². The Morgan fingerprint density at radius 1 is 0.958 bits per heavy atom. The van der Waals surface area contributed by atoms with E-state index in [1.807, 2.05) is 67.6 Å². The number of para-hydroxylation sites is 1. The first-order chi connectivity index (χ1) is 11.7. The van der Waals surface area contributed by atoms with Crippen LogP contribution in [0.4, 0.5) is 0 Å². The normalized spacial score (nSPS) is 10.4. The van der Waals surface area contributed by atoms with Gasteiger partial charge in [-0.15, -0.1) is 0 Å². The summed E-state index contributed by atoms with van der Waals surface area (Å²) in [6.45, 7) is 2.00. The summed E-state index contributed by atoms with van der Waals surface area (Å²) in [5, 5.41) is 8.42. The van der Waals surface area contributed by atoms with Crippen LogP contribution in [-0.2, 0) is 6.42 Å². The second-order valence-corrected chi connectivity index (χ2v) is 5.58. The highest BCUT2D eigenvalue weighted by atomic mass is 16.5. The molecule has 1 heterocycles. The molecule has 0 amide bonds. The number of methoxy groups -OCH3 is 1. The van der Waals surface area contributed by atoms with Gasteiger partial charge in [0.1, 0.15) is 5.75 Å². The van der Waals surface area contributed by atoms with Gasteiger partial charge in [0.25, 0.3) is 0 Å². The molecule has 4 nitrogen and oxygen atoms in total. The van der Waals surface area contributed by atoms with Gasteiger partial charge >= 0.3 is 0 Å². The van der Waals surface area contributed by atoms with Crippen molar-refractivity contribution in [1.29, 1.82) is 0 Å². The zero-order chi connectivity index (χ0) is 16.9. The van der Waals surface area contributed by atoms with Gasteiger partial charge in [-0.3, -0.25) is 4.79 Å². The largest absolute Gasteiger partial charge is 0.496 e. The molecule has 24 heavy (non-hydrogen) atoms. The van der Waals surface area contributed by atoms with Crippen LogP contribution in [0, 0.1) is 6.92 Å². The first-order valence-electron chi connectivity index (χ1n) is 7.73. The van der Waals surface area contributed by atoms with Crippen molar-refractivity contribution in [2.24, 2.45) is 0 Å². The van der Waals surface area contributed by atoms with Crippen LogP contribution in [0.3, 0.4) is 0 Å². The predicted octanol–water partition coefficient (Wildman–Crippen LogP) is 3.89. The quantitative estimate of drug-likeness (QED) is 0.670. The zero-order valence-electron chi connectivity index (χ0n) is 13.7. The van der Waals surface area contributed by atoms with Crippen LogP contribution in [-0.4, -0.2) is 23.1 Å². The molecule has 0 saturated carbocycles. The lowest BCUT2D eigenvalue weighted by atomic mass is 10.0. The number of aromatic nitrogens is 2. The molecule has 2 aromatic carbocycles. The SMILES string of the molecule is COc1ccccc1-c1ccc(CC(=O)c2ccc(C)cc2)nn1. The maximum Gasteiger partial charge on any atom is 0.168 e. The van der Waals surface area contributed by atoms with E-state index in [1.165, 1.54) is 0 Å². The summed E-state index contributed by atoms with van der Waals surface area (Å²) in [7, 11) is 1.63. The summed E-state index contributed by atoms with van der Waals surface area (Å²) in [6.07, 6.45) is 0.238. The molecule has 4 heteroatoms. The van der Waals surface area contributed by atoms with Gasteiger partial charge in [-0.2, -0.15) is 10.2 Å². The van der Waals surface area contributed by atoms with E-state index in [4.69, 9.17) is 4.74 Å². The molecule has 0 fully saturated rings. The number of carbonyl (C=O) groups is 1. The van der Waals surface area contributed by atoms with Crippen molar-refractivity contribution in [1.82, 2.24) is 10.2 Å². The summed E-state index contributed by atoms with van der Waals surface area (Å²) in [6, 6.07) is 18.9. The van der Waals surface area contributed by atoms with Gasteiger partial charge in [0.05, 0.1) is 24.9 Å². The van der Waals surface area contributed by atoms with Crippen molar-refractivity contribution < 1.29 is 9.53 Å². The fourth-order valence-corrected chi connectivity index (χ4v) is 2.46. The first-order valence-corrected chi connectivity index (χ1v) is 7.73. The number of nitrogens with zero attached hydrogens (tertiary/aromatic N) is 2. The molecule has 0 bridgehead atoms. The van der Waals surface area contributed by atoms with Gasteiger partial charge in [-0.25, -0.2) is 0 Å². The summed E-state index contributed by atoms with van der Waals surface area (Å²) in [4.78, 5) is 12.3. The third-order valence-electron chi connectivity index (χ3n) is 3.82. The zero-order valence-corrected chi connectivity index (χ0v) is 13.7. The minimum absolute atomic E-state index is 0.0364. The second kappa shape index (κ2) is 7.04. The van der Waals surface area contributed by atoms with Crippen molar-refractivity contribution in [2.75, 3.05) is 7.11 Å². The molecule has 3 aromatic rings. The molecule has 3 rings (SSSR count). The van der Waals surface area contributed by atoms with E-state index in [-0.39, 0.29) is 12.2 Å². The van der Waals surface area contributed by atoms with Gasteiger partial charge in [0, 0.05) is 11.1 Å². The van der Waals surface area contributed by atoms with Crippen LogP contribution in [0.25, 0.3) is 11.3 Å². The Kier molecular flexibility index (Phi) is 4.66. The van der Waals surface area contributed by atoms with E-state index in [0.29, 0.717) is 11.3 Å². The van der Waals surface area contributed by atoms with E-state index in [9.17, 15) is 4.79 Å². The van der Waals surface area contributed by atoms with Crippen molar-refractivity contribution >= 4 is 5.78 Å². The molecule has 0 aliphatic carbocycles. The number of Topliss-reactive ketones (excluding diaryl/α,β-unsaturated/α-hetero) is 1.